The van der Waals surface area contributed by atoms with Gasteiger partial charge in [0.1, 0.15) is 0 Å². The van der Waals surface area contributed by atoms with Gasteiger partial charge >= 0.3 is 0 Å². The molecule has 0 amide bonds. The minimum atomic E-state index is -3.49. The van der Waals surface area contributed by atoms with E-state index in [0.29, 0.717) is 18.0 Å². The summed E-state index contributed by atoms with van der Waals surface area (Å²) < 4.78 is 28.0. The second-order valence-electron chi connectivity index (χ2n) is 6.78. The lowest BCUT2D eigenvalue weighted by Crippen LogP contribution is -2.30. The number of para-hydroxylation sites is 1. The van der Waals surface area contributed by atoms with Gasteiger partial charge in [-0.2, -0.15) is 0 Å². The SMILES string of the molecule is CCN(CC)CCCNS(=O)(=O)c1cccc(CN(CC)c2ccccc2)c1. The van der Waals surface area contributed by atoms with Crippen molar-refractivity contribution in [3.63, 3.8) is 0 Å². The third kappa shape index (κ3) is 6.62. The molecule has 0 saturated heterocycles. The van der Waals surface area contributed by atoms with Gasteiger partial charge in [0.05, 0.1) is 4.90 Å². The van der Waals surface area contributed by atoms with Crippen LogP contribution in [0.25, 0.3) is 0 Å². The molecule has 1 N–H and O–H groups in total. The normalized spacial score (nSPS) is 11.7. The summed E-state index contributed by atoms with van der Waals surface area (Å²) >= 11 is 0. The highest BCUT2D eigenvalue weighted by molar-refractivity contribution is 7.89. The summed E-state index contributed by atoms with van der Waals surface area (Å²) in [5.41, 5.74) is 2.12. The summed E-state index contributed by atoms with van der Waals surface area (Å²) in [6.07, 6.45) is 0.804. The molecule has 2 aromatic carbocycles. The van der Waals surface area contributed by atoms with Crippen molar-refractivity contribution in [3.05, 3.63) is 60.2 Å². The maximum absolute atomic E-state index is 12.7. The van der Waals surface area contributed by atoms with Gasteiger partial charge in [-0.15, -0.1) is 0 Å². The molecule has 6 heteroatoms. The van der Waals surface area contributed by atoms with Crippen molar-refractivity contribution < 1.29 is 8.42 Å². The molecular formula is C22H33N3O2S. The third-order valence-electron chi connectivity index (χ3n) is 4.92. The number of anilines is 1. The first kappa shape index (κ1) is 22.4. The van der Waals surface area contributed by atoms with Gasteiger partial charge in [-0.3, -0.25) is 0 Å². The molecule has 0 fully saturated rings. The molecule has 0 aliphatic carbocycles. The highest BCUT2D eigenvalue weighted by Gasteiger charge is 2.15. The molecule has 154 valence electrons. The van der Waals surface area contributed by atoms with Crippen molar-refractivity contribution in [2.75, 3.05) is 37.6 Å². The monoisotopic (exact) mass is 403 g/mol. The average molecular weight is 404 g/mol. The lowest BCUT2D eigenvalue weighted by molar-refractivity contribution is 0.300. The van der Waals surface area contributed by atoms with E-state index in [9.17, 15) is 8.42 Å². The molecule has 0 unspecified atom stereocenters. The van der Waals surface area contributed by atoms with Gasteiger partial charge in [0.15, 0.2) is 0 Å². The number of hydrogen-bond acceptors (Lipinski definition) is 4. The van der Waals surface area contributed by atoms with Gasteiger partial charge in [-0.1, -0.05) is 44.2 Å². The molecule has 28 heavy (non-hydrogen) atoms. The molecule has 0 spiro atoms. The van der Waals surface area contributed by atoms with Gasteiger partial charge in [-0.25, -0.2) is 13.1 Å². The first-order valence-electron chi connectivity index (χ1n) is 10.1. The molecule has 2 rings (SSSR count). The summed E-state index contributed by atoms with van der Waals surface area (Å²) in [4.78, 5) is 4.85. The number of nitrogens with one attached hydrogen (secondary N) is 1. The zero-order chi connectivity index (χ0) is 20.4. The Hall–Kier alpha value is -1.89. The molecule has 0 heterocycles. The van der Waals surface area contributed by atoms with E-state index in [-0.39, 0.29) is 0 Å². The van der Waals surface area contributed by atoms with Crippen LogP contribution < -0.4 is 9.62 Å². The van der Waals surface area contributed by atoms with E-state index in [1.807, 2.05) is 30.3 Å². The Kier molecular flexibility index (Phi) is 8.96. The molecule has 0 aromatic heterocycles. The second-order valence-corrected chi connectivity index (χ2v) is 8.54. The van der Waals surface area contributed by atoms with E-state index >= 15 is 0 Å². The third-order valence-corrected chi connectivity index (χ3v) is 6.38. The number of sulfonamides is 1. The van der Waals surface area contributed by atoms with Crippen LogP contribution in [0.3, 0.4) is 0 Å². The van der Waals surface area contributed by atoms with Gasteiger partial charge in [0.2, 0.25) is 10.0 Å². The Bertz CT molecular complexity index is 806. The van der Waals surface area contributed by atoms with E-state index in [1.165, 1.54) is 0 Å². The lowest BCUT2D eigenvalue weighted by Gasteiger charge is -2.23. The van der Waals surface area contributed by atoms with Crippen LogP contribution in [0.2, 0.25) is 0 Å². The summed E-state index contributed by atoms with van der Waals surface area (Å²) in [6, 6.07) is 17.4. The minimum Gasteiger partial charge on any atom is -0.367 e. The summed E-state index contributed by atoms with van der Waals surface area (Å²) in [7, 11) is -3.49. The largest absolute Gasteiger partial charge is 0.367 e. The van der Waals surface area contributed by atoms with Crippen LogP contribution in [-0.2, 0) is 16.6 Å². The maximum atomic E-state index is 12.7. The van der Waals surface area contributed by atoms with Crippen molar-refractivity contribution in [1.82, 2.24) is 9.62 Å². The second kappa shape index (κ2) is 11.2. The number of nitrogens with zero attached hydrogens (tertiary/aromatic N) is 2. The first-order chi connectivity index (χ1) is 13.5. The predicted octanol–water partition coefficient (Wildman–Crippen LogP) is 3.72. The summed E-state index contributed by atoms with van der Waals surface area (Å²) in [5.74, 6) is 0. The molecule has 0 bridgehead atoms. The molecule has 0 aliphatic rings. The first-order valence-corrected chi connectivity index (χ1v) is 11.6. The van der Waals surface area contributed by atoms with E-state index in [4.69, 9.17) is 0 Å². The molecule has 0 atom stereocenters. The summed E-state index contributed by atoms with van der Waals surface area (Å²) in [6.45, 7) is 11.2. The number of hydrogen-bond donors (Lipinski definition) is 1. The van der Waals surface area contributed by atoms with E-state index in [1.54, 1.807) is 12.1 Å². The fourth-order valence-corrected chi connectivity index (χ4v) is 4.33. The standard InChI is InChI=1S/C22H33N3O2S/c1-4-24(5-2)17-11-16-23-28(26,27)22-15-10-12-20(18-22)19-25(6-3)21-13-8-7-9-14-21/h7-10,12-15,18,23H,4-6,11,16-17,19H2,1-3H3. The Morgan fingerprint density at radius 2 is 1.61 bits per heavy atom. The fraction of sp³-hybridized carbons (Fsp3) is 0.455. The number of benzene rings is 2. The van der Waals surface area contributed by atoms with Crippen LogP contribution >= 0.6 is 0 Å². The molecule has 2 aromatic rings. The zero-order valence-electron chi connectivity index (χ0n) is 17.3. The van der Waals surface area contributed by atoms with E-state index in [0.717, 1.165) is 43.9 Å². The fourth-order valence-electron chi connectivity index (χ4n) is 3.19. The number of rotatable bonds is 12. The zero-order valence-corrected chi connectivity index (χ0v) is 18.1. The molecule has 5 nitrogen and oxygen atoms in total. The van der Waals surface area contributed by atoms with Crippen molar-refractivity contribution in [1.29, 1.82) is 0 Å². The highest BCUT2D eigenvalue weighted by Crippen LogP contribution is 2.18. The van der Waals surface area contributed by atoms with Crippen molar-refractivity contribution in [2.24, 2.45) is 0 Å². The van der Waals surface area contributed by atoms with Crippen molar-refractivity contribution in [3.8, 4) is 0 Å². The molecule has 0 aliphatic heterocycles. The lowest BCUT2D eigenvalue weighted by atomic mass is 10.2. The Balaban J connectivity index is 2.00. The summed E-state index contributed by atoms with van der Waals surface area (Å²) in [5, 5.41) is 0. The van der Waals surface area contributed by atoms with Crippen LogP contribution in [0.5, 0.6) is 0 Å². The van der Waals surface area contributed by atoms with Crippen LogP contribution in [0, 0.1) is 0 Å². The predicted molar refractivity (Wildman–Crippen MR) is 117 cm³/mol. The Morgan fingerprint density at radius 1 is 0.893 bits per heavy atom. The van der Waals surface area contributed by atoms with Crippen LogP contribution in [0.4, 0.5) is 5.69 Å². The average Bonchev–Trinajstić information content (AvgIpc) is 2.73. The van der Waals surface area contributed by atoms with Crippen molar-refractivity contribution >= 4 is 15.7 Å². The van der Waals surface area contributed by atoms with E-state index in [2.05, 4.69) is 47.4 Å². The maximum Gasteiger partial charge on any atom is 0.240 e. The Morgan fingerprint density at radius 3 is 2.25 bits per heavy atom. The molecular weight excluding hydrogens is 370 g/mol. The molecule has 0 radical (unpaired) electrons. The van der Waals surface area contributed by atoms with Crippen molar-refractivity contribution in [2.45, 2.75) is 38.6 Å². The van der Waals surface area contributed by atoms with Gasteiger partial charge in [0.25, 0.3) is 0 Å². The molecule has 0 saturated carbocycles. The van der Waals surface area contributed by atoms with Gasteiger partial charge in [-0.05, 0) is 62.8 Å². The smallest absolute Gasteiger partial charge is 0.240 e. The highest BCUT2D eigenvalue weighted by atomic mass is 32.2. The van der Waals surface area contributed by atoms with Crippen LogP contribution in [-0.4, -0.2) is 46.0 Å². The van der Waals surface area contributed by atoms with Gasteiger partial charge in [0, 0.05) is 25.3 Å². The van der Waals surface area contributed by atoms with Gasteiger partial charge < -0.3 is 9.80 Å². The van der Waals surface area contributed by atoms with Crippen LogP contribution in [0.1, 0.15) is 32.8 Å². The Labute approximate surface area is 170 Å². The topological polar surface area (TPSA) is 52.7 Å². The quantitative estimate of drug-likeness (QED) is 0.549. The van der Waals surface area contributed by atoms with Crippen LogP contribution in [0.15, 0.2) is 59.5 Å². The minimum absolute atomic E-state index is 0.331. The van der Waals surface area contributed by atoms with E-state index < -0.39 is 10.0 Å².